The highest BCUT2D eigenvalue weighted by Crippen LogP contribution is 2.35. The van der Waals surface area contributed by atoms with Crippen LogP contribution in [0.25, 0.3) is 11.3 Å². The standard InChI is InChI=1S/C15H15ClN2O/c1-2-14-17-12(9-13(16)18-14)11-7-3-5-10-6-4-8-19-15(10)11/h3,5,7,9H,2,4,6,8H2,1H3. The van der Waals surface area contributed by atoms with E-state index in [-0.39, 0.29) is 0 Å². The van der Waals surface area contributed by atoms with Crippen LogP contribution in [0.4, 0.5) is 0 Å². The summed E-state index contributed by atoms with van der Waals surface area (Å²) in [4.78, 5) is 8.76. The molecule has 0 aliphatic carbocycles. The van der Waals surface area contributed by atoms with Crippen molar-refractivity contribution in [1.29, 1.82) is 0 Å². The van der Waals surface area contributed by atoms with Crippen molar-refractivity contribution in [1.82, 2.24) is 9.97 Å². The predicted molar refractivity (Wildman–Crippen MR) is 75.7 cm³/mol. The van der Waals surface area contributed by atoms with E-state index in [9.17, 15) is 0 Å². The second-order valence-electron chi connectivity index (χ2n) is 4.59. The van der Waals surface area contributed by atoms with Gasteiger partial charge < -0.3 is 4.74 Å². The number of nitrogens with zero attached hydrogens (tertiary/aromatic N) is 2. The second kappa shape index (κ2) is 5.17. The summed E-state index contributed by atoms with van der Waals surface area (Å²) >= 11 is 6.07. The molecule has 3 rings (SSSR count). The fourth-order valence-corrected chi connectivity index (χ4v) is 2.55. The third-order valence-corrected chi connectivity index (χ3v) is 3.46. The van der Waals surface area contributed by atoms with Crippen LogP contribution in [0, 0.1) is 0 Å². The van der Waals surface area contributed by atoms with Gasteiger partial charge in [-0.05, 0) is 24.5 Å². The summed E-state index contributed by atoms with van der Waals surface area (Å²) in [6, 6.07) is 7.99. The normalized spacial score (nSPS) is 13.8. The molecule has 0 N–H and O–H groups in total. The Kier molecular flexibility index (Phi) is 3.38. The molecule has 2 aromatic rings. The van der Waals surface area contributed by atoms with Gasteiger partial charge in [0.1, 0.15) is 16.7 Å². The molecule has 2 heterocycles. The van der Waals surface area contributed by atoms with Crippen LogP contribution in [0.5, 0.6) is 5.75 Å². The minimum atomic E-state index is 0.482. The van der Waals surface area contributed by atoms with Crippen LogP contribution in [0.15, 0.2) is 24.3 Å². The van der Waals surface area contributed by atoms with Gasteiger partial charge in [-0.15, -0.1) is 0 Å². The van der Waals surface area contributed by atoms with Gasteiger partial charge in [0.15, 0.2) is 0 Å². The number of aromatic nitrogens is 2. The van der Waals surface area contributed by atoms with Crippen molar-refractivity contribution < 1.29 is 4.74 Å². The van der Waals surface area contributed by atoms with E-state index in [1.165, 1.54) is 5.56 Å². The lowest BCUT2D eigenvalue weighted by Gasteiger charge is -2.20. The van der Waals surface area contributed by atoms with Crippen LogP contribution in [0.1, 0.15) is 24.7 Å². The number of para-hydroxylation sites is 1. The smallest absolute Gasteiger partial charge is 0.133 e. The first-order valence-electron chi connectivity index (χ1n) is 6.56. The van der Waals surface area contributed by atoms with E-state index in [1.807, 2.05) is 19.1 Å². The van der Waals surface area contributed by atoms with Crippen LogP contribution in [-0.2, 0) is 12.8 Å². The Morgan fingerprint density at radius 1 is 1.32 bits per heavy atom. The first-order chi connectivity index (χ1) is 9.28. The molecule has 0 saturated heterocycles. The Bertz CT molecular complexity index is 613. The maximum Gasteiger partial charge on any atom is 0.133 e. The molecule has 0 bridgehead atoms. The van der Waals surface area contributed by atoms with E-state index in [1.54, 1.807) is 6.07 Å². The summed E-state index contributed by atoms with van der Waals surface area (Å²) in [5, 5.41) is 0.482. The van der Waals surface area contributed by atoms with Crippen molar-refractivity contribution in [2.45, 2.75) is 26.2 Å². The molecule has 1 aromatic carbocycles. The Morgan fingerprint density at radius 2 is 2.21 bits per heavy atom. The molecule has 0 spiro atoms. The molecule has 0 fully saturated rings. The molecule has 19 heavy (non-hydrogen) atoms. The van der Waals surface area contributed by atoms with E-state index < -0.39 is 0 Å². The topological polar surface area (TPSA) is 35.0 Å². The third-order valence-electron chi connectivity index (χ3n) is 3.27. The lowest BCUT2D eigenvalue weighted by atomic mass is 10.0. The van der Waals surface area contributed by atoms with Gasteiger partial charge >= 0.3 is 0 Å². The second-order valence-corrected chi connectivity index (χ2v) is 4.98. The monoisotopic (exact) mass is 274 g/mol. The molecule has 3 nitrogen and oxygen atoms in total. The van der Waals surface area contributed by atoms with Gasteiger partial charge in [-0.25, -0.2) is 9.97 Å². The number of ether oxygens (including phenoxy) is 1. The first kappa shape index (κ1) is 12.4. The zero-order valence-corrected chi connectivity index (χ0v) is 11.6. The summed E-state index contributed by atoms with van der Waals surface area (Å²) in [5.74, 6) is 1.71. The van der Waals surface area contributed by atoms with Gasteiger partial charge in [-0.1, -0.05) is 30.7 Å². The highest BCUT2D eigenvalue weighted by molar-refractivity contribution is 6.29. The van der Waals surface area contributed by atoms with Gasteiger partial charge in [0.2, 0.25) is 0 Å². The molecular weight excluding hydrogens is 260 g/mol. The average Bonchev–Trinajstić information content (AvgIpc) is 2.46. The molecule has 98 valence electrons. The molecule has 0 saturated carbocycles. The van der Waals surface area contributed by atoms with Crippen molar-refractivity contribution in [3.05, 3.63) is 40.8 Å². The minimum Gasteiger partial charge on any atom is -0.493 e. The number of halogens is 1. The van der Waals surface area contributed by atoms with E-state index in [0.29, 0.717) is 5.15 Å². The highest BCUT2D eigenvalue weighted by atomic mass is 35.5. The van der Waals surface area contributed by atoms with Crippen molar-refractivity contribution in [2.24, 2.45) is 0 Å². The molecular formula is C15H15ClN2O. The molecule has 1 aromatic heterocycles. The van der Waals surface area contributed by atoms with Crippen molar-refractivity contribution in [3.63, 3.8) is 0 Å². The van der Waals surface area contributed by atoms with Gasteiger partial charge in [0.05, 0.1) is 12.3 Å². The van der Waals surface area contributed by atoms with Gasteiger partial charge in [-0.2, -0.15) is 0 Å². The summed E-state index contributed by atoms with van der Waals surface area (Å²) in [7, 11) is 0. The van der Waals surface area contributed by atoms with E-state index in [4.69, 9.17) is 16.3 Å². The predicted octanol–water partition coefficient (Wildman–Crippen LogP) is 3.68. The number of aryl methyl sites for hydroxylation is 2. The van der Waals surface area contributed by atoms with Crippen LogP contribution < -0.4 is 4.74 Å². The molecule has 1 aliphatic heterocycles. The van der Waals surface area contributed by atoms with Gasteiger partial charge in [-0.3, -0.25) is 0 Å². The zero-order valence-electron chi connectivity index (χ0n) is 10.8. The maximum absolute atomic E-state index is 6.07. The van der Waals surface area contributed by atoms with Gasteiger partial charge in [0.25, 0.3) is 0 Å². The van der Waals surface area contributed by atoms with Crippen molar-refractivity contribution >= 4 is 11.6 Å². The maximum atomic E-state index is 6.07. The number of hydrogen-bond acceptors (Lipinski definition) is 3. The van der Waals surface area contributed by atoms with E-state index in [2.05, 4.69) is 16.0 Å². The summed E-state index contributed by atoms with van der Waals surface area (Å²) in [6.07, 6.45) is 2.90. The van der Waals surface area contributed by atoms with Crippen LogP contribution in [0.3, 0.4) is 0 Å². The molecule has 0 atom stereocenters. The summed E-state index contributed by atoms with van der Waals surface area (Å²) < 4.78 is 5.82. The minimum absolute atomic E-state index is 0.482. The fourth-order valence-electron chi connectivity index (χ4n) is 2.35. The van der Waals surface area contributed by atoms with Gasteiger partial charge in [0, 0.05) is 18.1 Å². The number of hydrogen-bond donors (Lipinski definition) is 0. The summed E-state index contributed by atoms with van der Waals surface area (Å²) in [6.45, 7) is 2.79. The lowest BCUT2D eigenvalue weighted by Crippen LogP contribution is -2.09. The Labute approximate surface area is 117 Å². The lowest BCUT2D eigenvalue weighted by molar-refractivity contribution is 0.289. The van der Waals surface area contributed by atoms with E-state index in [0.717, 1.165) is 48.7 Å². The molecule has 4 heteroatoms. The third kappa shape index (κ3) is 2.43. The highest BCUT2D eigenvalue weighted by Gasteiger charge is 2.17. The van der Waals surface area contributed by atoms with Crippen LogP contribution >= 0.6 is 11.6 Å². The molecule has 0 unspecified atom stereocenters. The molecule has 1 aliphatic rings. The number of rotatable bonds is 2. The van der Waals surface area contributed by atoms with Crippen LogP contribution in [0.2, 0.25) is 5.15 Å². The number of fused-ring (bicyclic) bond motifs is 1. The van der Waals surface area contributed by atoms with E-state index >= 15 is 0 Å². The fraction of sp³-hybridized carbons (Fsp3) is 0.333. The van der Waals surface area contributed by atoms with Crippen molar-refractivity contribution in [2.75, 3.05) is 6.61 Å². The quantitative estimate of drug-likeness (QED) is 0.784. The SMILES string of the molecule is CCc1nc(Cl)cc(-c2cccc3c2OCCC3)n1. The Hall–Kier alpha value is -1.61. The first-order valence-corrected chi connectivity index (χ1v) is 6.94. The molecule has 0 radical (unpaired) electrons. The Morgan fingerprint density at radius 3 is 3.05 bits per heavy atom. The zero-order chi connectivity index (χ0) is 13.2. The van der Waals surface area contributed by atoms with Crippen LogP contribution in [-0.4, -0.2) is 16.6 Å². The number of benzene rings is 1. The average molecular weight is 275 g/mol. The molecule has 0 amide bonds. The summed E-state index contributed by atoms with van der Waals surface area (Å²) in [5.41, 5.74) is 3.10. The largest absolute Gasteiger partial charge is 0.493 e. The van der Waals surface area contributed by atoms with Crippen molar-refractivity contribution in [3.8, 4) is 17.0 Å². The Balaban J connectivity index is 2.14.